The highest BCUT2D eigenvalue weighted by Gasteiger charge is 2.43. The number of aryl methyl sites for hydroxylation is 2. The van der Waals surface area contributed by atoms with Crippen molar-refractivity contribution in [2.45, 2.75) is 33.6 Å². The van der Waals surface area contributed by atoms with E-state index in [-0.39, 0.29) is 11.8 Å². The van der Waals surface area contributed by atoms with E-state index >= 15 is 0 Å². The average molecular weight is 453 g/mol. The number of anilines is 1. The van der Waals surface area contributed by atoms with Gasteiger partial charge in [0.05, 0.1) is 11.3 Å². The molecule has 1 atom stereocenters. The second kappa shape index (κ2) is 7.79. The molecule has 4 nitrogen and oxygen atoms in total. The molecular weight excluding hydrogens is 428 g/mol. The Morgan fingerprint density at radius 1 is 1.00 bits per heavy atom. The van der Waals surface area contributed by atoms with Crippen LogP contribution in [0.15, 0.2) is 52.6 Å². The third kappa shape index (κ3) is 3.64. The Labute approximate surface area is 180 Å². The van der Waals surface area contributed by atoms with Gasteiger partial charge in [-0.25, -0.2) is 4.90 Å². The normalized spacial score (nSPS) is 20.1. The number of hydrogen-bond acceptors (Lipinski definition) is 3. The molecule has 2 amide bonds. The number of hydrogen-bond donors (Lipinski definition) is 0. The van der Waals surface area contributed by atoms with E-state index in [1.165, 1.54) is 4.90 Å². The lowest BCUT2D eigenvalue weighted by molar-refractivity contribution is -0.120. The minimum Gasteiger partial charge on any atom is -0.366 e. The Balaban J connectivity index is 1.85. The van der Waals surface area contributed by atoms with Crippen molar-refractivity contribution in [3.8, 4) is 0 Å². The number of amides is 2. The predicted octanol–water partition coefficient (Wildman–Crippen LogP) is 5.08. The van der Waals surface area contributed by atoms with Gasteiger partial charge < -0.3 is 4.90 Å². The molecule has 2 aliphatic heterocycles. The molecule has 0 spiro atoms. The standard InChI is InChI=1S/C24H25BrN2O2/c1-15-6-11-20(17(3)13-15)21-22(26-12-4-5-16(2)14-26)24(29)27(23(21)28)19-9-7-18(25)8-10-19/h6-11,13,16H,4-5,12,14H2,1-3H3. The van der Waals surface area contributed by atoms with Crippen LogP contribution in [0.4, 0.5) is 5.69 Å². The second-order valence-electron chi connectivity index (χ2n) is 8.16. The van der Waals surface area contributed by atoms with Crippen LogP contribution in [0.5, 0.6) is 0 Å². The summed E-state index contributed by atoms with van der Waals surface area (Å²) >= 11 is 3.42. The molecule has 0 radical (unpaired) electrons. The fourth-order valence-corrected chi connectivity index (χ4v) is 4.63. The first-order valence-corrected chi connectivity index (χ1v) is 10.9. The van der Waals surface area contributed by atoms with Gasteiger partial charge in [-0.15, -0.1) is 0 Å². The van der Waals surface area contributed by atoms with Crippen LogP contribution in [0.3, 0.4) is 0 Å². The fraction of sp³-hybridized carbons (Fsp3) is 0.333. The van der Waals surface area contributed by atoms with Crippen LogP contribution >= 0.6 is 15.9 Å². The van der Waals surface area contributed by atoms with Gasteiger partial charge in [-0.2, -0.15) is 0 Å². The SMILES string of the molecule is Cc1ccc(C2=C(N3CCCC(C)C3)C(=O)N(c3ccc(Br)cc3)C2=O)c(C)c1. The van der Waals surface area contributed by atoms with Crippen molar-refractivity contribution < 1.29 is 9.59 Å². The minimum absolute atomic E-state index is 0.221. The average Bonchev–Trinajstić information content (AvgIpc) is 2.93. The van der Waals surface area contributed by atoms with Gasteiger partial charge in [0.1, 0.15) is 5.70 Å². The second-order valence-corrected chi connectivity index (χ2v) is 9.07. The number of benzene rings is 2. The number of piperidine rings is 1. The Bertz CT molecular complexity index is 1010. The third-order valence-corrected chi connectivity index (χ3v) is 6.30. The number of nitrogens with zero attached hydrogens (tertiary/aromatic N) is 2. The Morgan fingerprint density at radius 3 is 2.38 bits per heavy atom. The van der Waals surface area contributed by atoms with Gasteiger partial charge in [-0.3, -0.25) is 9.59 Å². The monoisotopic (exact) mass is 452 g/mol. The molecular formula is C24H25BrN2O2. The summed E-state index contributed by atoms with van der Waals surface area (Å²) < 4.78 is 0.910. The molecule has 2 aromatic carbocycles. The summed E-state index contributed by atoms with van der Waals surface area (Å²) in [6.45, 7) is 7.86. The number of rotatable bonds is 3. The van der Waals surface area contributed by atoms with Crippen LogP contribution in [0.2, 0.25) is 0 Å². The molecule has 2 heterocycles. The van der Waals surface area contributed by atoms with E-state index in [4.69, 9.17) is 0 Å². The number of imide groups is 1. The summed E-state index contributed by atoms with van der Waals surface area (Å²) in [6.07, 6.45) is 2.19. The van der Waals surface area contributed by atoms with Gasteiger partial charge in [0.25, 0.3) is 11.8 Å². The molecule has 0 saturated carbocycles. The lowest BCUT2D eigenvalue weighted by Gasteiger charge is -2.33. The van der Waals surface area contributed by atoms with Crippen LogP contribution < -0.4 is 4.90 Å². The first-order valence-electron chi connectivity index (χ1n) is 10.1. The summed E-state index contributed by atoms with van der Waals surface area (Å²) in [5, 5.41) is 0. The zero-order valence-corrected chi connectivity index (χ0v) is 18.6. The molecule has 1 fully saturated rings. The van der Waals surface area contributed by atoms with Crippen molar-refractivity contribution in [2.24, 2.45) is 5.92 Å². The van der Waals surface area contributed by atoms with E-state index in [0.717, 1.165) is 47.1 Å². The van der Waals surface area contributed by atoms with Crippen molar-refractivity contribution in [3.05, 3.63) is 69.3 Å². The van der Waals surface area contributed by atoms with Crippen LogP contribution in [-0.4, -0.2) is 29.8 Å². The molecule has 2 aliphatic rings. The maximum Gasteiger partial charge on any atom is 0.282 e. The lowest BCUT2D eigenvalue weighted by atomic mass is 9.95. The Hall–Kier alpha value is -2.40. The van der Waals surface area contributed by atoms with Gasteiger partial charge >= 0.3 is 0 Å². The van der Waals surface area contributed by atoms with Gasteiger partial charge in [0.15, 0.2) is 0 Å². The smallest absolute Gasteiger partial charge is 0.282 e. The molecule has 1 saturated heterocycles. The predicted molar refractivity (Wildman–Crippen MR) is 119 cm³/mol. The highest BCUT2D eigenvalue weighted by Crippen LogP contribution is 2.37. The molecule has 150 valence electrons. The molecule has 5 heteroatoms. The first kappa shape index (κ1) is 19.9. The third-order valence-electron chi connectivity index (χ3n) is 5.77. The molecule has 0 N–H and O–H groups in total. The van der Waals surface area contributed by atoms with Crippen molar-refractivity contribution in [1.29, 1.82) is 0 Å². The van der Waals surface area contributed by atoms with Gasteiger partial charge in [0.2, 0.25) is 0 Å². The molecule has 0 bridgehead atoms. The zero-order valence-electron chi connectivity index (χ0n) is 17.0. The largest absolute Gasteiger partial charge is 0.366 e. The highest BCUT2D eigenvalue weighted by molar-refractivity contribution is 9.10. The maximum absolute atomic E-state index is 13.6. The van der Waals surface area contributed by atoms with Crippen LogP contribution in [0.1, 0.15) is 36.5 Å². The van der Waals surface area contributed by atoms with E-state index in [1.54, 1.807) is 12.1 Å². The Kier molecular flexibility index (Phi) is 5.34. The topological polar surface area (TPSA) is 40.6 Å². The lowest BCUT2D eigenvalue weighted by Crippen LogP contribution is -2.39. The molecule has 1 unspecified atom stereocenters. The highest BCUT2D eigenvalue weighted by atomic mass is 79.9. The Morgan fingerprint density at radius 2 is 1.72 bits per heavy atom. The summed E-state index contributed by atoms with van der Waals surface area (Å²) in [7, 11) is 0. The summed E-state index contributed by atoms with van der Waals surface area (Å²) in [5.74, 6) is 0.0418. The first-order chi connectivity index (χ1) is 13.9. The summed E-state index contributed by atoms with van der Waals surface area (Å²) in [4.78, 5) is 30.6. The molecule has 0 aromatic heterocycles. The summed E-state index contributed by atoms with van der Waals surface area (Å²) in [5.41, 5.74) is 4.69. The zero-order chi connectivity index (χ0) is 20.7. The molecule has 0 aliphatic carbocycles. The van der Waals surface area contributed by atoms with E-state index in [2.05, 4.69) is 33.8 Å². The number of carbonyl (C=O) groups is 2. The number of halogens is 1. The van der Waals surface area contributed by atoms with E-state index in [1.807, 2.05) is 38.1 Å². The quantitative estimate of drug-likeness (QED) is 0.609. The van der Waals surface area contributed by atoms with Gasteiger partial charge in [-0.1, -0.05) is 46.6 Å². The van der Waals surface area contributed by atoms with Crippen molar-refractivity contribution in [3.63, 3.8) is 0 Å². The van der Waals surface area contributed by atoms with Crippen molar-refractivity contribution in [2.75, 3.05) is 18.0 Å². The molecule has 2 aromatic rings. The maximum atomic E-state index is 13.6. The van der Waals surface area contributed by atoms with Crippen molar-refractivity contribution in [1.82, 2.24) is 4.90 Å². The van der Waals surface area contributed by atoms with E-state index in [9.17, 15) is 9.59 Å². The van der Waals surface area contributed by atoms with Crippen LogP contribution in [0, 0.1) is 19.8 Å². The van der Waals surface area contributed by atoms with Crippen molar-refractivity contribution >= 4 is 39.0 Å². The number of likely N-dealkylation sites (tertiary alicyclic amines) is 1. The number of carbonyl (C=O) groups excluding carboxylic acids is 2. The molecule has 4 rings (SSSR count). The van der Waals surface area contributed by atoms with E-state index in [0.29, 0.717) is 22.9 Å². The minimum atomic E-state index is -0.238. The fourth-order valence-electron chi connectivity index (χ4n) is 4.37. The van der Waals surface area contributed by atoms with Gasteiger partial charge in [0, 0.05) is 17.6 Å². The van der Waals surface area contributed by atoms with Crippen LogP contribution in [-0.2, 0) is 9.59 Å². The summed E-state index contributed by atoms with van der Waals surface area (Å²) in [6, 6.07) is 13.4. The molecule has 29 heavy (non-hydrogen) atoms. The van der Waals surface area contributed by atoms with Gasteiger partial charge in [-0.05, 0) is 68.0 Å². The van der Waals surface area contributed by atoms with Crippen LogP contribution in [0.25, 0.3) is 5.57 Å². The van der Waals surface area contributed by atoms with E-state index < -0.39 is 0 Å².